The average Bonchev–Trinajstić information content (AvgIpc) is 2.66. The van der Waals surface area contributed by atoms with Crippen molar-refractivity contribution in [2.24, 2.45) is 5.92 Å². The van der Waals surface area contributed by atoms with Gasteiger partial charge < -0.3 is 4.48 Å². The molecular weight excluding hydrogens is 338 g/mol. The second-order valence-electron chi connectivity index (χ2n) is 9.64. The van der Waals surface area contributed by atoms with Gasteiger partial charge in [-0.05, 0) is 41.7 Å². The van der Waals surface area contributed by atoms with Gasteiger partial charge in [0, 0.05) is 5.56 Å². The van der Waals surface area contributed by atoms with Crippen molar-refractivity contribution in [1.82, 2.24) is 0 Å². The van der Waals surface area contributed by atoms with Crippen molar-refractivity contribution in [2.45, 2.75) is 72.3 Å². The molecule has 28 heavy (non-hydrogen) atoms. The van der Waals surface area contributed by atoms with E-state index in [1.54, 1.807) is 0 Å². The summed E-state index contributed by atoms with van der Waals surface area (Å²) in [4.78, 5) is 0. The molecule has 2 aromatic carbocycles. The molecule has 0 N–H and O–H groups in total. The highest BCUT2D eigenvalue weighted by molar-refractivity contribution is 5.26. The summed E-state index contributed by atoms with van der Waals surface area (Å²) in [5.41, 5.74) is 4.36. The topological polar surface area (TPSA) is 0 Å². The molecule has 0 spiro atoms. The van der Waals surface area contributed by atoms with E-state index in [-0.39, 0.29) is 0 Å². The van der Waals surface area contributed by atoms with Crippen LogP contribution in [-0.2, 0) is 6.54 Å². The molecule has 0 aliphatic carbocycles. The molecule has 1 nitrogen and oxygen atoms in total. The lowest BCUT2D eigenvalue weighted by Gasteiger charge is -2.24. The summed E-state index contributed by atoms with van der Waals surface area (Å²) < 4.78 is 0.974. The van der Waals surface area contributed by atoms with Crippen molar-refractivity contribution in [3.63, 3.8) is 0 Å². The van der Waals surface area contributed by atoms with Crippen molar-refractivity contribution >= 4 is 0 Å². The van der Waals surface area contributed by atoms with Crippen LogP contribution in [0.25, 0.3) is 0 Å². The third-order valence-electron chi connectivity index (χ3n) is 5.42. The first-order valence-electron chi connectivity index (χ1n) is 11.1. The van der Waals surface area contributed by atoms with Crippen LogP contribution in [0.2, 0.25) is 0 Å². The summed E-state index contributed by atoms with van der Waals surface area (Å²) in [6.07, 6.45) is 3.72. The van der Waals surface area contributed by atoms with Crippen LogP contribution >= 0.6 is 0 Å². The Hall–Kier alpha value is -1.60. The highest BCUT2D eigenvalue weighted by Crippen LogP contribution is 2.32. The molecule has 0 radical (unpaired) electrons. The van der Waals surface area contributed by atoms with Gasteiger partial charge in [-0.25, -0.2) is 0 Å². The first-order chi connectivity index (χ1) is 13.2. The Morgan fingerprint density at radius 2 is 1.25 bits per heavy atom. The monoisotopic (exact) mass is 382 g/mol. The molecule has 0 saturated carbocycles. The Labute approximate surface area is 175 Å². The van der Waals surface area contributed by atoms with Crippen LogP contribution in [-0.4, -0.2) is 25.6 Å². The summed E-state index contributed by atoms with van der Waals surface area (Å²) >= 11 is 0. The first kappa shape index (κ1) is 24.4. The molecule has 1 heteroatoms. The first-order valence-corrected chi connectivity index (χ1v) is 11.1. The van der Waals surface area contributed by atoms with E-state index in [0.717, 1.165) is 16.9 Å². The number of nitrogens with zero attached hydrogens (tertiary/aromatic N) is 1. The van der Waals surface area contributed by atoms with Gasteiger partial charge in [0.15, 0.2) is 0 Å². The number of hydrogen-bond acceptors (Lipinski definition) is 0. The Balaban J connectivity index is 0.000000696. The lowest BCUT2D eigenvalue weighted by Crippen LogP contribution is -2.33. The minimum atomic E-state index is 0.604. The summed E-state index contributed by atoms with van der Waals surface area (Å²) in [6.45, 7) is 12.4. The predicted molar refractivity (Wildman–Crippen MR) is 126 cm³/mol. The molecular formula is C27H44N+. The SMILES string of the molecule is CCC(C)C.CCC(CC(C)c1ccccc1)c1ccc(C[N+](C)(C)C)cc1. The van der Waals surface area contributed by atoms with Crippen LogP contribution < -0.4 is 0 Å². The van der Waals surface area contributed by atoms with E-state index in [9.17, 15) is 0 Å². The van der Waals surface area contributed by atoms with Crippen LogP contribution in [0, 0.1) is 5.92 Å². The third-order valence-corrected chi connectivity index (χ3v) is 5.42. The maximum Gasteiger partial charge on any atom is 0.104 e. The molecule has 0 aromatic heterocycles. The van der Waals surface area contributed by atoms with Crippen molar-refractivity contribution in [2.75, 3.05) is 21.1 Å². The van der Waals surface area contributed by atoms with Gasteiger partial charge in [0.2, 0.25) is 0 Å². The third kappa shape index (κ3) is 9.55. The minimum absolute atomic E-state index is 0.604. The highest BCUT2D eigenvalue weighted by atomic mass is 15.3. The second-order valence-corrected chi connectivity index (χ2v) is 9.64. The van der Waals surface area contributed by atoms with E-state index in [1.165, 1.54) is 36.0 Å². The van der Waals surface area contributed by atoms with Crippen molar-refractivity contribution in [1.29, 1.82) is 0 Å². The zero-order chi connectivity index (χ0) is 21.2. The molecule has 156 valence electrons. The average molecular weight is 383 g/mol. The molecule has 2 unspecified atom stereocenters. The van der Waals surface area contributed by atoms with E-state index in [0.29, 0.717) is 11.8 Å². The van der Waals surface area contributed by atoms with Gasteiger partial charge in [-0.2, -0.15) is 0 Å². The molecule has 0 heterocycles. The van der Waals surface area contributed by atoms with Crippen molar-refractivity contribution in [3.05, 3.63) is 71.3 Å². The van der Waals surface area contributed by atoms with Gasteiger partial charge in [0.1, 0.15) is 6.54 Å². The molecule has 0 fully saturated rings. The maximum atomic E-state index is 2.35. The normalized spacial score (nSPS) is 13.6. The van der Waals surface area contributed by atoms with E-state index in [1.807, 2.05) is 0 Å². The number of hydrogen-bond donors (Lipinski definition) is 0. The quantitative estimate of drug-likeness (QED) is 0.412. The lowest BCUT2D eigenvalue weighted by molar-refractivity contribution is -0.884. The summed E-state index contributed by atoms with van der Waals surface area (Å²) in [5.74, 6) is 2.13. The molecule has 2 aromatic rings. The number of benzene rings is 2. The van der Waals surface area contributed by atoms with Crippen molar-refractivity contribution in [3.8, 4) is 0 Å². The molecule has 0 bridgehead atoms. The number of rotatable bonds is 8. The second kappa shape index (κ2) is 12.1. The zero-order valence-corrected chi connectivity index (χ0v) is 19.7. The summed E-state index contributed by atoms with van der Waals surface area (Å²) in [7, 11) is 6.72. The molecule has 0 amide bonds. The Kier molecular flexibility index (Phi) is 10.5. The van der Waals surface area contributed by atoms with Crippen LogP contribution in [0.4, 0.5) is 0 Å². The van der Waals surface area contributed by atoms with Gasteiger partial charge in [0.25, 0.3) is 0 Å². The standard InChI is InChI=1S/C22H32N.C5H12/c1-6-20(16-18(2)21-10-8-7-9-11-21)22-14-12-19(13-15-22)17-23(3,4)5;1-4-5(2)3/h7-15,18,20H,6,16-17H2,1-5H3;5H,4H2,1-3H3/q+1;. The molecule has 2 atom stereocenters. The summed E-state index contributed by atoms with van der Waals surface area (Å²) in [6, 6.07) is 20.2. The lowest BCUT2D eigenvalue weighted by atomic mass is 9.84. The summed E-state index contributed by atoms with van der Waals surface area (Å²) in [5, 5.41) is 0. The van der Waals surface area contributed by atoms with Crippen molar-refractivity contribution < 1.29 is 4.48 Å². The predicted octanol–water partition coefficient (Wildman–Crippen LogP) is 7.63. The van der Waals surface area contributed by atoms with E-state index < -0.39 is 0 Å². The Morgan fingerprint density at radius 3 is 1.68 bits per heavy atom. The van der Waals surface area contributed by atoms with Crippen LogP contribution in [0.5, 0.6) is 0 Å². The van der Waals surface area contributed by atoms with E-state index in [2.05, 4.69) is 110 Å². The smallest absolute Gasteiger partial charge is 0.104 e. The van der Waals surface area contributed by atoms with Crippen LogP contribution in [0.15, 0.2) is 54.6 Å². The molecule has 0 aliphatic rings. The van der Waals surface area contributed by atoms with Gasteiger partial charge >= 0.3 is 0 Å². The molecule has 0 saturated heterocycles. The number of quaternary nitrogens is 1. The zero-order valence-electron chi connectivity index (χ0n) is 19.7. The molecule has 0 aliphatic heterocycles. The largest absolute Gasteiger partial charge is 0.327 e. The van der Waals surface area contributed by atoms with E-state index >= 15 is 0 Å². The van der Waals surface area contributed by atoms with Crippen LogP contribution in [0.3, 0.4) is 0 Å². The fourth-order valence-corrected chi connectivity index (χ4v) is 3.33. The fourth-order valence-electron chi connectivity index (χ4n) is 3.33. The van der Waals surface area contributed by atoms with E-state index in [4.69, 9.17) is 0 Å². The maximum absolute atomic E-state index is 2.35. The van der Waals surface area contributed by atoms with Gasteiger partial charge in [0.05, 0.1) is 21.1 Å². The van der Waals surface area contributed by atoms with Crippen LogP contribution in [0.1, 0.15) is 82.4 Å². The van der Waals surface area contributed by atoms with Gasteiger partial charge in [-0.3, -0.25) is 0 Å². The van der Waals surface area contributed by atoms with Gasteiger partial charge in [-0.1, -0.05) is 95.6 Å². The molecule has 2 rings (SSSR count). The highest BCUT2D eigenvalue weighted by Gasteiger charge is 2.16. The Morgan fingerprint density at radius 1 is 0.714 bits per heavy atom. The fraction of sp³-hybridized carbons (Fsp3) is 0.556. The Bertz CT molecular complexity index is 634. The minimum Gasteiger partial charge on any atom is -0.327 e. The van der Waals surface area contributed by atoms with Gasteiger partial charge in [-0.15, -0.1) is 0 Å².